The molecule has 1 rings (SSSR count). The third-order valence-electron chi connectivity index (χ3n) is 2.36. The van der Waals surface area contributed by atoms with Gasteiger partial charge in [-0.1, -0.05) is 0 Å². The number of hydrogen-bond acceptors (Lipinski definition) is 4. The number of rotatable bonds is 6. The maximum Gasteiger partial charge on any atom is 0.389 e. The summed E-state index contributed by atoms with van der Waals surface area (Å²) in [7, 11) is -2.34. The average molecular weight is 300 g/mol. The lowest BCUT2D eigenvalue weighted by Gasteiger charge is -2.10. The molecule has 110 valence electrons. The summed E-state index contributed by atoms with van der Waals surface area (Å²) in [4.78, 5) is 0. The van der Waals surface area contributed by atoms with Crippen molar-refractivity contribution >= 4 is 15.8 Å². The van der Waals surface area contributed by atoms with Gasteiger partial charge < -0.3 is 5.73 Å². The molecule has 0 amide bonds. The van der Waals surface area contributed by atoms with Gasteiger partial charge in [-0.2, -0.15) is 18.3 Å². The molecule has 0 bridgehead atoms. The molecule has 1 heterocycles. The maximum absolute atomic E-state index is 11.9. The highest BCUT2D eigenvalue weighted by molar-refractivity contribution is 7.92. The van der Waals surface area contributed by atoms with Gasteiger partial charge in [0.25, 0.3) is 0 Å². The van der Waals surface area contributed by atoms with Gasteiger partial charge in [-0.3, -0.25) is 9.40 Å². The molecule has 0 saturated carbocycles. The molecule has 0 fully saturated rings. The quantitative estimate of drug-likeness (QED) is 0.819. The summed E-state index contributed by atoms with van der Waals surface area (Å²) in [6, 6.07) is 0. The van der Waals surface area contributed by atoms with Crippen LogP contribution >= 0.6 is 0 Å². The Morgan fingerprint density at radius 2 is 2.11 bits per heavy atom. The Morgan fingerprint density at radius 1 is 1.47 bits per heavy atom. The summed E-state index contributed by atoms with van der Waals surface area (Å²) in [5.41, 5.74) is 5.88. The third kappa shape index (κ3) is 5.07. The van der Waals surface area contributed by atoms with E-state index in [0.717, 1.165) is 0 Å². The van der Waals surface area contributed by atoms with Crippen molar-refractivity contribution in [2.24, 2.45) is 12.8 Å². The fourth-order valence-electron chi connectivity index (χ4n) is 1.42. The van der Waals surface area contributed by atoms with Crippen molar-refractivity contribution in [1.82, 2.24) is 9.78 Å². The number of nitrogens with two attached hydrogens (primary N) is 1. The topological polar surface area (TPSA) is 90.0 Å². The molecule has 1 aromatic heterocycles. The molecule has 6 nitrogen and oxygen atoms in total. The number of aryl methyl sites for hydroxylation is 1. The van der Waals surface area contributed by atoms with Crippen molar-refractivity contribution in [3.63, 3.8) is 0 Å². The Hall–Kier alpha value is -1.29. The van der Waals surface area contributed by atoms with E-state index in [4.69, 9.17) is 5.73 Å². The van der Waals surface area contributed by atoms with Gasteiger partial charge in [-0.15, -0.1) is 0 Å². The fraction of sp³-hybridized carbons (Fsp3) is 0.667. The number of sulfonamides is 1. The molecular weight excluding hydrogens is 285 g/mol. The molecule has 0 aliphatic carbocycles. The van der Waals surface area contributed by atoms with Crippen LogP contribution < -0.4 is 10.5 Å². The number of halogens is 3. The van der Waals surface area contributed by atoms with E-state index in [-0.39, 0.29) is 12.4 Å². The van der Waals surface area contributed by atoms with Gasteiger partial charge in [0.1, 0.15) is 5.82 Å². The van der Waals surface area contributed by atoms with Crippen LogP contribution in [0.3, 0.4) is 0 Å². The molecule has 0 spiro atoms. The van der Waals surface area contributed by atoms with E-state index in [1.807, 2.05) is 0 Å². The minimum Gasteiger partial charge on any atom is -0.326 e. The molecule has 0 saturated heterocycles. The second-order valence-corrected chi connectivity index (χ2v) is 5.83. The lowest BCUT2D eigenvalue weighted by molar-refractivity contribution is -0.134. The van der Waals surface area contributed by atoms with Crippen LogP contribution in [0.25, 0.3) is 0 Å². The van der Waals surface area contributed by atoms with Crippen LogP contribution in [0.15, 0.2) is 6.20 Å². The van der Waals surface area contributed by atoms with Crippen molar-refractivity contribution < 1.29 is 21.6 Å². The van der Waals surface area contributed by atoms with Crippen LogP contribution in [0.5, 0.6) is 0 Å². The molecule has 10 heteroatoms. The highest BCUT2D eigenvalue weighted by Gasteiger charge is 2.27. The minimum absolute atomic E-state index is 0.0776. The van der Waals surface area contributed by atoms with Gasteiger partial charge in [-0.05, 0) is 6.42 Å². The van der Waals surface area contributed by atoms with E-state index in [0.29, 0.717) is 5.56 Å². The summed E-state index contributed by atoms with van der Waals surface area (Å²) < 4.78 is 62.6. The molecule has 0 aromatic carbocycles. The van der Waals surface area contributed by atoms with Crippen LogP contribution in [0.4, 0.5) is 19.0 Å². The predicted molar refractivity (Wildman–Crippen MR) is 63.8 cm³/mol. The van der Waals surface area contributed by atoms with Crippen molar-refractivity contribution in [2.75, 3.05) is 10.5 Å². The number of nitrogens with one attached hydrogen (secondary N) is 1. The number of aromatic nitrogens is 2. The molecule has 19 heavy (non-hydrogen) atoms. The predicted octanol–water partition coefficient (Wildman–Crippen LogP) is 0.963. The zero-order valence-electron chi connectivity index (χ0n) is 10.2. The van der Waals surface area contributed by atoms with Gasteiger partial charge >= 0.3 is 6.18 Å². The molecule has 3 N–H and O–H groups in total. The minimum atomic E-state index is -4.36. The SMILES string of the molecule is Cn1ncc(CN)c1NS(=O)(=O)CCCC(F)(F)F. The van der Waals surface area contributed by atoms with E-state index < -0.39 is 34.8 Å². The second-order valence-electron chi connectivity index (χ2n) is 3.99. The molecule has 0 aliphatic rings. The first kappa shape index (κ1) is 15.8. The zero-order valence-corrected chi connectivity index (χ0v) is 11.1. The van der Waals surface area contributed by atoms with Crippen molar-refractivity contribution in [2.45, 2.75) is 25.6 Å². The van der Waals surface area contributed by atoms with Crippen LogP contribution in [-0.4, -0.2) is 30.1 Å². The summed E-state index contributed by atoms with van der Waals surface area (Å²) in [6.45, 7) is 0.0776. The van der Waals surface area contributed by atoms with Gasteiger partial charge in [0.15, 0.2) is 0 Å². The lowest BCUT2D eigenvalue weighted by atomic mass is 10.3. The number of nitrogens with zero attached hydrogens (tertiary/aromatic N) is 2. The van der Waals surface area contributed by atoms with Crippen molar-refractivity contribution in [1.29, 1.82) is 0 Å². The largest absolute Gasteiger partial charge is 0.389 e. The van der Waals surface area contributed by atoms with Gasteiger partial charge in [0.05, 0.1) is 11.9 Å². The second kappa shape index (κ2) is 5.78. The summed E-state index contributed by atoms with van der Waals surface area (Å²) in [5, 5.41) is 3.82. The zero-order chi connectivity index (χ0) is 14.7. The van der Waals surface area contributed by atoms with E-state index in [2.05, 4.69) is 9.82 Å². The molecule has 0 radical (unpaired) electrons. The molecule has 1 aromatic rings. The van der Waals surface area contributed by atoms with Crippen LogP contribution in [-0.2, 0) is 23.6 Å². The maximum atomic E-state index is 11.9. The molecule has 0 atom stereocenters. The summed E-state index contributed by atoms with van der Waals surface area (Å²) in [5.74, 6) is -0.434. The van der Waals surface area contributed by atoms with Gasteiger partial charge in [-0.25, -0.2) is 8.42 Å². The number of anilines is 1. The monoisotopic (exact) mass is 300 g/mol. The van der Waals surface area contributed by atoms with Crippen LogP contribution in [0, 0.1) is 0 Å². The smallest absolute Gasteiger partial charge is 0.326 e. The third-order valence-corrected chi connectivity index (χ3v) is 3.69. The highest BCUT2D eigenvalue weighted by Crippen LogP contribution is 2.22. The van der Waals surface area contributed by atoms with Crippen molar-refractivity contribution in [3.8, 4) is 0 Å². The van der Waals surface area contributed by atoms with E-state index in [9.17, 15) is 21.6 Å². The normalized spacial score (nSPS) is 12.7. The Morgan fingerprint density at radius 3 is 2.63 bits per heavy atom. The van der Waals surface area contributed by atoms with Crippen LogP contribution in [0.1, 0.15) is 18.4 Å². The van der Waals surface area contributed by atoms with Gasteiger partial charge in [0.2, 0.25) is 10.0 Å². The van der Waals surface area contributed by atoms with Crippen molar-refractivity contribution in [3.05, 3.63) is 11.8 Å². The highest BCUT2D eigenvalue weighted by atomic mass is 32.2. The first-order chi connectivity index (χ1) is 8.64. The Kier molecular flexibility index (Phi) is 4.80. The first-order valence-electron chi connectivity index (χ1n) is 5.43. The molecule has 0 unspecified atom stereocenters. The molecular formula is C9H15F3N4O2S. The Labute approximate surface area is 108 Å². The summed E-state index contributed by atoms with van der Waals surface area (Å²) in [6.07, 6.45) is -4.59. The summed E-state index contributed by atoms with van der Waals surface area (Å²) >= 11 is 0. The van der Waals surface area contributed by atoms with E-state index >= 15 is 0 Å². The fourth-order valence-corrected chi connectivity index (χ4v) is 2.61. The standard InChI is InChI=1S/C9H15F3N4O2S/c1-16-8(7(5-13)6-14-16)15-19(17,18)4-2-3-9(10,11)12/h6,15H,2-5,13H2,1H3. The Balaban J connectivity index is 2.67. The van der Waals surface area contributed by atoms with Gasteiger partial charge in [0, 0.05) is 25.6 Å². The Bertz CT molecular complexity index is 524. The number of hydrogen-bond donors (Lipinski definition) is 2. The first-order valence-corrected chi connectivity index (χ1v) is 7.08. The van der Waals surface area contributed by atoms with Crippen LogP contribution in [0.2, 0.25) is 0 Å². The number of alkyl halides is 3. The lowest BCUT2D eigenvalue weighted by Crippen LogP contribution is -2.21. The van der Waals surface area contributed by atoms with E-state index in [1.165, 1.54) is 17.9 Å². The van der Waals surface area contributed by atoms with E-state index in [1.54, 1.807) is 0 Å². The average Bonchev–Trinajstić information content (AvgIpc) is 2.57. The molecule has 0 aliphatic heterocycles.